The van der Waals surface area contributed by atoms with Crippen molar-refractivity contribution in [2.24, 2.45) is 0 Å². The number of rotatable bonds is 5. The van der Waals surface area contributed by atoms with Gasteiger partial charge in [-0.05, 0) is 48.7 Å². The van der Waals surface area contributed by atoms with E-state index in [1.165, 1.54) is 4.90 Å². The Morgan fingerprint density at radius 1 is 1.13 bits per heavy atom. The fourth-order valence-corrected chi connectivity index (χ4v) is 3.69. The summed E-state index contributed by atoms with van der Waals surface area (Å²) in [6, 6.07) is 15.0. The normalized spacial score (nSPS) is 17.9. The van der Waals surface area contributed by atoms with Crippen molar-refractivity contribution in [3.63, 3.8) is 0 Å². The molecule has 0 radical (unpaired) electrons. The van der Waals surface area contributed by atoms with Crippen LogP contribution in [0.5, 0.6) is 5.75 Å². The second kappa shape index (κ2) is 8.10. The fraction of sp³-hybridized carbons (Fsp3) is 0.208. The topological polar surface area (TPSA) is 92.9 Å². The minimum Gasteiger partial charge on any atom is -0.507 e. The minimum atomic E-state index is -0.836. The molecule has 2 heterocycles. The summed E-state index contributed by atoms with van der Waals surface area (Å²) in [5, 5.41) is 15.0. The fourth-order valence-electron chi connectivity index (χ4n) is 3.69. The third-order valence-electron chi connectivity index (χ3n) is 5.37. The summed E-state index contributed by atoms with van der Waals surface area (Å²) in [7, 11) is 1.54. The van der Waals surface area contributed by atoms with E-state index in [1.807, 2.05) is 31.2 Å². The van der Waals surface area contributed by atoms with E-state index < -0.39 is 17.7 Å². The van der Waals surface area contributed by atoms with Crippen molar-refractivity contribution in [2.75, 3.05) is 12.0 Å². The molecule has 2 aromatic carbocycles. The Kier molecular flexibility index (Phi) is 5.33. The molecule has 1 N–H and O–H groups in total. The van der Waals surface area contributed by atoms with Crippen molar-refractivity contribution in [1.82, 2.24) is 5.16 Å². The Bertz CT molecular complexity index is 1160. The molecule has 1 amide bonds. The molecule has 3 aromatic rings. The molecule has 1 aromatic heterocycles. The van der Waals surface area contributed by atoms with Crippen LogP contribution >= 0.6 is 0 Å². The van der Waals surface area contributed by atoms with Crippen LogP contribution < -0.4 is 9.64 Å². The van der Waals surface area contributed by atoms with Crippen molar-refractivity contribution in [2.45, 2.75) is 26.3 Å². The number of aromatic nitrogens is 1. The number of aliphatic hydroxyl groups excluding tert-OH is 1. The summed E-state index contributed by atoms with van der Waals surface area (Å²) in [5.41, 5.74) is 2.21. The highest BCUT2D eigenvalue weighted by molar-refractivity contribution is 6.51. The maximum atomic E-state index is 13.0. The highest BCUT2D eigenvalue weighted by atomic mass is 16.5. The molecule has 0 aliphatic carbocycles. The number of methoxy groups -OCH3 is 1. The zero-order valence-electron chi connectivity index (χ0n) is 17.5. The highest BCUT2D eigenvalue weighted by Gasteiger charge is 2.48. The van der Waals surface area contributed by atoms with Crippen LogP contribution in [0.3, 0.4) is 0 Å². The number of aryl methyl sites for hydroxylation is 2. The molecule has 1 unspecified atom stereocenters. The number of carbonyl (C=O) groups excluding carboxylic acids is 2. The Morgan fingerprint density at radius 3 is 2.35 bits per heavy atom. The molecule has 1 fully saturated rings. The van der Waals surface area contributed by atoms with E-state index in [0.29, 0.717) is 22.6 Å². The summed E-state index contributed by atoms with van der Waals surface area (Å²) in [6.07, 6.45) is 0.856. The maximum absolute atomic E-state index is 13.0. The molecule has 0 bridgehead atoms. The Labute approximate surface area is 179 Å². The molecular formula is C24H22N2O5. The van der Waals surface area contributed by atoms with Crippen LogP contribution in [0.1, 0.15) is 35.4 Å². The van der Waals surface area contributed by atoms with E-state index in [2.05, 4.69) is 5.16 Å². The summed E-state index contributed by atoms with van der Waals surface area (Å²) in [5.74, 6) is -0.466. The molecule has 7 nitrogen and oxygen atoms in total. The number of benzene rings is 2. The summed E-state index contributed by atoms with van der Waals surface area (Å²) >= 11 is 0. The third kappa shape index (κ3) is 3.59. The summed E-state index contributed by atoms with van der Waals surface area (Å²) in [4.78, 5) is 27.3. The Hall–Kier alpha value is -3.87. The smallest absolute Gasteiger partial charge is 0.301 e. The summed E-state index contributed by atoms with van der Waals surface area (Å²) in [6.45, 7) is 3.75. The van der Waals surface area contributed by atoms with Crippen molar-refractivity contribution in [3.05, 3.63) is 82.6 Å². The minimum absolute atomic E-state index is 0.0000633. The van der Waals surface area contributed by atoms with E-state index in [-0.39, 0.29) is 17.2 Å². The largest absolute Gasteiger partial charge is 0.507 e. The van der Waals surface area contributed by atoms with Crippen LogP contribution in [0.25, 0.3) is 5.76 Å². The number of hydrogen-bond donors (Lipinski definition) is 1. The summed E-state index contributed by atoms with van der Waals surface area (Å²) < 4.78 is 10.3. The van der Waals surface area contributed by atoms with Crippen molar-refractivity contribution < 1.29 is 24.0 Å². The monoisotopic (exact) mass is 418 g/mol. The zero-order valence-corrected chi connectivity index (χ0v) is 17.5. The van der Waals surface area contributed by atoms with Gasteiger partial charge in [0, 0.05) is 11.6 Å². The van der Waals surface area contributed by atoms with Crippen LogP contribution in [0.4, 0.5) is 5.82 Å². The highest BCUT2D eigenvalue weighted by Crippen LogP contribution is 2.42. The zero-order chi connectivity index (χ0) is 22.1. The van der Waals surface area contributed by atoms with Gasteiger partial charge in [-0.25, -0.2) is 0 Å². The van der Waals surface area contributed by atoms with Crippen LogP contribution in [0, 0.1) is 6.92 Å². The lowest BCUT2D eigenvalue weighted by Gasteiger charge is -2.23. The predicted molar refractivity (Wildman–Crippen MR) is 115 cm³/mol. The lowest BCUT2D eigenvalue weighted by molar-refractivity contribution is -0.132. The Morgan fingerprint density at radius 2 is 1.81 bits per heavy atom. The second-order valence-corrected chi connectivity index (χ2v) is 7.29. The first kappa shape index (κ1) is 20.4. The SMILES string of the molecule is CCc1ccc(C2C(=C(O)c3ccc(OC)cc3)C(=O)C(=O)N2c2cc(C)on2)cc1. The van der Waals surface area contributed by atoms with Crippen molar-refractivity contribution in [3.8, 4) is 5.75 Å². The maximum Gasteiger partial charge on any atom is 0.301 e. The van der Waals surface area contributed by atoms with E-state index in [9.17, 15) is 14.7 Å². The van der Waals surface area contributed by atoms with Gasteiger partial charge in [0.1, 0.15) is 17.3 Å². The molecule has 158 valence electrons. The van der Waals surface area contributed by atoms with E-state index in [4.69, 9.17) is 9.26 Å². The molecule has 1 saturated heterocycles. The van der Waals surface area contributed by atoms with Gasteiger partial charge in [-0.1, -0.05) is 36.3 Å². The number of amides is 1. The van der Waals surface area contributed by atoms with Crippen LogP contribution in [0.15, 0.2) is 64.7 Å². The van der Waals surface area contributed by atoms with E-state index in [1.54, 1.807) is 44.4 Å². The predicted octanol–water partition coefficient (Wildman–Crippen LogP) is 4.18. The van der Waals surface area contributed by atoms with Gasteiger partial charge in [-0.2, -0.15) is 0 Å². The van der Waals surface area contributed by atoms with Crippen molar-refractivity contribution >= 4 is 23.3 Å². The number of ether oxygens (including phenoxy) is 1. The van der Waals surface area contributed by atoms with Gasteiger partial charge < -0.3 is 14.4 Å². The molecule has 0 spiro atoms. The van der Waals surface area contributed by atoms with Gasteiger partial charge in [0.15, 0.2) is 5.82 Å². The van der Waals surface area contributed by atoms with Crippen LogP contribution in [-0.4, -0.2) is 29.1 Å². The lowest BCUT2D eigenvalue weighted by atomic mass is 9.94. The molecule has 1 aliphatic rings. The van der Waals surface area contributed by atoms with Gasteiger partial charge in [0.2, 0.25) is 0 Å². The van der Waals surface area contributed by atoms with Gasteiger partial charge >= 0.3 is 5.91 Å². The number of carbonyl (C=O) groups is 2. The molecule has 1 atom stereocenters. The number of nitrogens with zero attached hydrogens (tertiary/aromatic N) is 2. The number of hydrogen-bond acceptors (Lipinski definition) is 6. The number of anilines is 1. The quantitative estimate of drug-likeness (QED) is 0.380. The Balaban J connectivity index is 1.90. The molecule has 4 rings (SSSR count). The first-order chi connectivity index (χ1) is 14.9. The van der Waals surface area contributed by atoms with E-state index in [0.717, 1.165) is 12.0 Å². The number of Topliss-reactive ketones (excluding diaryl/α,β-unsaturated/α-hetero) is 1. The number of ketones is 1. The van der Waals surface area contributed by atoms with Gasteiger partial charge in [-0.3, -0.25) is 14.5 Å². The first-order valence-corrected chi connectivity index (χ1v) is 9.92. The van der Waals surface area contributed by atoms with Crippen LogP contribution in [-0.2, 0) is 16.0 Å². The van der Waals surface area contributed by atoms with Gasteiger partial charge in [-0.15, -0.1) is 0 Å². The average Bonchev–Trinajstić information content (AvgIpc) is 3.34. The van der Waals surface area contributed by atoms with E-state index >= 15 is 0 Å². The standard InChI is InChI=1S/C24H22N2O5/c1-4-15-5-7-16(8-6-15)21-20(22(27)17-9-11-18(30-3)12-10-17)23(28)24(29)26(21)19-13-14(2)31-25-19/h5-13,21,27H,4H2,1-3H3. The molecule has 7 heteroatoms. The molecule has 31 heavy (non-hydrogen) atoms. The molecule has 0 saturated carbocycles. The van der Waals surface area contributed by atoms with Gasteiger partial charge in [0.05, 0.1) is 18.7 Å². The average molecular weight is 418 g/mol. The van der Waals surface area contributed by atoms with Gasteiger partial charge in [0.25, 0.3) is 5.78 Å². The molecule has 1 aliphatic heterocycles. The van der Waals surface area contributed by atoms with Crippen molar-refractivity contribution in [1.29, 1.82) is 0 Å². The van der Waals surface area contributed by atoms with Crippen LogP contribution in [0.2, 0.25) is 0 Å². The number of aliphatic hydroxyl groups is 1. The lowest BCUT2D eigenvalue weighted by Crippen LogP contribution is -2.29. The molecular weight excluding hydrogens is 396 g/mol. The third-order valence-corrected chi connectivity index (χ3v) is 5.37. The first-order valence-electron chi connectivity index (χ1n) is 9.92. The second-order valence-electron chi connectivity index (χ2n) is 7.29.